The Labute approximate surface area is 66.2 Å². The van der Waals surface area contributed by atoms with Crippen LogP contribution in [-0.2, 0) is 4.74 Å². The average molecular weight is 114 g/mol. The van der Waals surface area contributed by atoms with Crippen LogP contribution in [0.4, 0.5) is 0 Å². The maximum atomic E-state index is 8.07. The van der Waals surface area contributed by atoms with Gasteiger partial charge in [-0.25, -0.2) is 0 Å². The fourth-order valence-electron chi connectivity index (χ4n) is 0.209. The zero-order chi connectivity index (χ0) is 4.83. The van der Waals surface area contributed by atoms with E-state index in [0.717, 1.165) is 0 Å². The van der Waals surface area contributed by atoms with Crippen molar-refractivity contribution in [3.63, 3.8) is 0 Å². The second kappa shape index (κ2) is 10.0. The summed E-state index contributed by atoms with van der Waals surface area (Å²) in [5.41, 5.74) is 0. The van der Waals surface area contributed by atoms with Crippen LogP contribution in [0.25, 0.3) is 0 Å². The molecule has 0 aromatic heterocycles. The summed E-state index contributed by atoms with van der Waals surface area (Å²) in [5, 5.41) is 8.07. The van der Waals surface area contributed by atoms with Crippen LogP contribution in [-0.4, -0.2) is 54.5 Å². The summed E-state index contributed by atoms with van der Waals surface area (Å²) in [4.78, 5) is 0. The molecule has 0 amide bonds. The van der Waals surface area contributed by atoms with E-state index < -0.39 is 0 Å². The Balaban J connectivity index is 0. The van der Waals surface area contributed by atoms with Gasteiger partial charge in [0.25, 0.3) is 0 Å². The van der Waals surface area contributed by atoms with Crippen LogP contribution >= 0.6 is 0 Å². The van der Waals surface area contributed by atoms with Gasteiger partial charge in [-0.1, -0.05) is 0 Å². The first-order valence-corrected chi connectivity index (χ1v) is 2.10. The van der Waals surface area contributed by atoms with E-state index in [0.29, 0.717) is 13.2 Å². The molecule has 0 saturated carbocycles. The summed E-state index contributed by atoms with van der Waals surface area (Å²) < 4.78 is 4.73. The minimum atomic E-state index is 0. The Morgan fingerprint density at radius 1 is 1.57 bits per heavy atom. The van der Waals surface area contributed by atoms with Gasteiger partial charge in [0, 0.05) is 6.61 Å². The van der Waals surface area contributed by atoms with Crippen LogP contribution in [0.1, 0.15) is 6.92 Å². The van der Waals surface area contributed by atoms with Gasteiger partial charge in [0.2, 0.25) is 0 Å². The predicted octanol–water partition coefficient (Wildman–Crippen LogP) is -0.633. The first-order valence-electron chi connectivity index (χ1n) is 2.10. The molecule has 0 aliphatic heterocycles. The van der Waals surface area contributed by atoms with Crippen molar-refractivity contribution in [2.24, 2.45) is 0 Å². The van der Waals surface area contributed by atoms with Gasteiger partial charge in [0.15, 0.2) is 0 Å². The first-order chi connectivity index (χ1) is 2.91. The monoisotopic (exact) mass is 114 g/mol. The molecule has 7 heavy (non-hydrogen) atoms. The summed E-state index contributed by atoms with van der Waals surface area (Å²) in [7, 11) is 0. The Kier molecular flexibility index (Phi) is 15.5. The molecule has 0 aromatic rings. The third kappa shape index (κ3) is 10.9. The van der Waals surface area contributed by atoms with Crippen molar-refractivity contribution < 1.29 is 9.84 Å². The van der Waals surface area contributed by atoms with Crippen LogP contribution in [0, 0.1) is 0 Å². The van der Waals surface area contributed by atoms with Gasteiger partial charge >= 0.3 is 29.6 Å². The number of hydrogen-bond acceptors (Lipinski definition) is 2. The van der Waals surface area contributed by atoms with E-state index in [2.05, 4.69) is 0 Å². The van der Waals surface area contributed by atoms with E-state index in [1.807, 2.05) is 6.92 Å². The predicted molar refractivity (Wildman–Crippen MR) is 30.7 cm³/mol. The Bertz CT molecular complexity index is 21.7. The molecule has 0 aliphatic rings. The molecule has 0 fully saturated rings. The first kappa shape index (κ1) is 10.8. The van der Waals surface area contributed by atoms with Crippen molar-refractivity contribution in [2.45, 2.75) is 6.92 Å². The molecule has 0 saturated heterocycles. The Hall–Kier alpha value is 0.920. The van der Waals surface area contributed by atoms with Gasteiger partial charge in [-0.2, -0.15) is 0 Å². The number of hydrogen-bond donors (Lipinski definition) is 1. The second-order valence-electron chi connectivity index (χ2n) is 0.921. The topological polar surface area (TPSA) is 29.5 Å². The molecule has 0 spiro atoms. The molecule has 2 nitrogen and oxygen atoms in total. The van der Waals surface area contributed by atoms with Crippen molar-refractivity contribution >= 4 is 29.6 Å². The molecule has 0 aliphatic carbocycles. The summed E-state index contributed by atoms with van der Waals surface area (Å²) in [6, 6.07) is 0. The van der Waals surface area contributed by atoms with Crippen LogP contribution in [0.5, 0.6) is 0 Å². The zero-order valence-corrected chi connectivity index (χ0v) is 3.98. The third-order valence-electron chi connectivity index (χ3n) is 0.440. The molecule has 0 atom stereocenters. The van der Waals surface area contributed by atoms with Crippen LogP contribution in [0.3, 0.4) is 0 Å². The number of aliphatic hydroxyl groups excluding tert-OH is 1. The van der Waals surface area contributed by atoms with E-state index in [9.17, 15) is 0 Å². The maximum absolute atomic E-state index is 8.07. The van der Waals surface area contributed by atoms with E-state index in [1.54, 1.807) is 0 Å². The van der Waals surface area contributed by atoms with Gasteiger partial charge in [0.1, 0.15) is 0 Å². The Morgan fingerprint density at radius 2 is 2.14 bits per heavy atom. The van der Waals surface area contributed by atoms with Crippen molar-refractivity contribution in [3.8, 4) is 0 Å². The fourth-order valence-corrected chi connectivity index (χ4v) is 0.209. The third-order valence-corrected chi connectivity index (χ3v) is 0.440. The van der Waals surface area contributed by atoms with Gasteiger partial charge < -0.3 is 9.84 Å². The summed E-state index contributed by atoms with van der Waals surface area (Å²) >= 11 is 0. The molecule has 0 aromatic carbocycles. The van der Waals surface area contributed by atoms with E-state index in [1.165, 1.54) is 0 Å². The summed E-state index contributed by atoms with van der Waals surface area (Å²) in [6.07, 6.45) is 0. The molecule has 0 radical (unpaired) electrons. The van der Waals surface area contributed by atoms with Gasteiger partial charge in [-0.05, 0) is 6.92 Å². The van der Waals surface area contributed by atoms with Crippen molar-refractivity contribution in [1.82, 2.24) is 0 Å². The van der Waals surface area contributed by atoms with Crippen molar-refractivity contribution in [2.75, 3.05) is 19.8 Å². The molecule has 1 N–H and O–H groups in total. The van der Waals surface area contributed by atoms with Crippen molar-refractivity contribution in [3.05, 3.63) is 0 Å². The van der Waals surface area contributed by atoms with E-state index in [4.69, 9.17) is 9.84 Å². The SMILES string of the molecule is CCOCCO.[NaH]. The molecule has 3 heteroatoms. The zero-order valence-electron chi connectivity index (χ0n) is 3.98. The number of ether oxygens (including phenoxy) is 1. The molecular weight excluding hydrogens is 103 g/mol. The molecular formula is C4H11NaO2. The standard InChI is InChI=1S/C4H10O2.Na.H/c1-2-6-4-3-5;;/h5H,2-4H2,1H3;;. The molecule has 0 bridgehead atoms. The average Bonchev–Trinajstić information content (AvgIpc) is 1.61. The summed E-state index contributed by atoms with van der Waals surface area (Å²) in [5.74, 6) is 0. The van der Waals surface area contributed by atoms with Gasteiger partial charge in [0.05, 0.1) is 13.2 Å². The molecule has 0 heterocycles. The van der Waals surface area contributed by atoms with Gasteiger partial charge in [-0.3, -0.25) is 0 Å². The van der Waals surface area contributed by atoms with E-state index >= 15 is 0 Å². The van der Waals surface area contributed by atoms with Crippen LogP contribution in [0.15, 0.2) is 0 Å². The number of rotatable bonds is 3. The van der Waals surface area contributed by atoms with Crippen LogP contribution in [0.2, 0.25) is 0 Å². The number of aliphatic hydroxyl groups is 1. The molecule has 0 rings (SSSR count). The fraction of sp³-hybridized carbons (Fsp3) is 1.00. The molecule has 40 valence electrons. The Morgan fingerprint density at radius 3 is 2.29 bits per heavy atom. The quantitative estimate of drug-likeness (QED) is 0.391. The molecule has 0 unspecified atom stereocenters. The normalized spacial score (nSPS) is 7.71. The van der Waals surface area contributed by atoms with Crippen molar-refractivity contribution in [1.29, 1.82) is 0 Å². The van der Waals surface area contributed by atoms with Gasteiger partial charge in [-0.15, -0.1) is 0 Å². The minimum absolute atomic E-state index is 0. The second-order valence-corrected chi connectivity index (χ2v) is 0.921. The van der Waals surface area contributed by atoms with Crippen LogP contribution < -0.4 is 0 Å². The van der Waals surface area contributed by atoms with E-state index in [-0.39, 0.29) is 36.2 Å². The summed E-state index contributed by atoms with van der Waals surface area (Å²) in [6.45, 7) is 3.20.